The van der Waals surface area contributed by atoms with Crippen LogP contribution in [0.5, 0.6) is 0 Å². The van der Waals surface area contributed by atoms with E-state index in [9.17, 15) is 27.0 Å². The number of fused-ring (bicyclic) bond motifs is 3. The number of nitrogens with zero attached hydrogens (tertiary/aromatic N) is 2. The van der Waals surface area contributed by atoms with Gasteiger partial charge in [0.15, 0.2) is 5.78 Å². The molecule has 0 N–H and O–H groups in total. The van der Waals surface area contributed by atoms with Crippen LogP contribution in [0.2, 0.25) is 5.02 Å². The molecule has 5 rings (SSSR count). The highest BCUT2D eigenvalue weighted by molar-refractivity contribution is 7.99. The number of hydrogen-bond acceptors (Lipinski definition) is 6. The third kappa shape index (κ3) is 6.90. The lowest BCUT2D eigenvalue weighted by Crippen LogP contribution is -2.20. The van der Waals surface area contributed by atoms with E-state index in [1.54, 1.807) is 78.9 Å². The Bertz CT molecular complexity index is 1910. The molecule has 1 aromatic heterocycles. The normalized spacial score (nSPS) is 12.9. The van der Waals surface area contributed by atoms with E-state index >= 15 is 0 Å². The second-order valence-corrected chi connectivity index (χ2v) is 12.3. The minimum Gasteiger partial charge on any atom is -0.341 e. The van der Waals surface area contributed by atoms with Crippen LogP contribution < -0.4 is 0 Å². The first-order chi connectivity index (χ1) is 21.1. The third-order valence-electron chi connectivity index (χ3n) is 6.83. The van der Waals surface area contributed by atoms with Crippen LogP contribution in [0, 0.1) is 0 Å². The minimum atomic E-state index is -5.16. The summed E-state index contributed by atoms with van der Waals surface area (Å²) in [4.78, 5) is 27.6. The van der Waals surface area contributed by atoms with Crippen LogP contribution in [0.4, 0.5) is 13.2 Å². The van der Waals surface area contributed by atoms with Crippen LogP contribution >= 0.6 is 23.4 Å². The first-order valence-electron chi connectivity index (χ1n) is 13.4. The van der Waals surface area contributed by atoms with Crippen LogP contribution in [0.1, 0.15) is 39.6 Å². The van der Waals surface area contributed by atoms with Crippen LogP contribution in [-0.2, 0) is 21.9 Å². The van der Waals surface area contributed by atoms with Gasteiger partial charge in [0.25, 0.3) is 0 Å². The molecule has 5 aromatic rings. The van der Waals surface area contributed by atoms with Crippen molar-refractivity contribution in [1.29, 1.82) is 0 Å². The number of aromatic nitrogens is 1. The molecule has 4 aromatic carbocycles. The lowest BCUT2D eigenvalue weighted by molar-refractivity contribution is -0.0471. The van der Waals surface area contributed by atoms with Gasteiger partial charge in [-0.15, -0.1) is 11.8 Å². The quantitative estimate of drug-likeness (QED) is 0.0616. The summed E-state index contributed by atoms with van der Waals surface area (Å²) in [5.74, 6) is -0.549. The van der Waals surface area contributed by atoms with Gasteiger partial charge in [-0.3, -0.25) is 13.9 Å². The molecule has 12 heteroatoms. The molecule has 0 fully saturated rings. The Labute approximate surface area is 262 Å². The summed E-state index contributed by atoms with van der Waals surface area (Å²) < 4.78 is 56.4. The Morgan fingerprint density at radius 1 is 0.886 bits per heavy atom. The molecule has 226 valence electrons. The van der Waals surface area contributed by atoms with Gasteiger partial charge < -0.3 is 4.57 Å². The summed E-state index contributed by atoms with van der Waals surface area (Å²) in [6.45, 7) is 2.59. The SMILES string of the molecule is CCn1c2ccc(C(=O)C(CCSc3ccc(Cl)cc3)=NOS(=O)C(F)(F)F)cc2c2cc(C(=O)c3ccccc3)ccc21. The third-order valence-corrected chi connectivity index (χ3v) is 8.68. The minimum absolute atomic E-state index is 0.0638. The van der Waals surface area contributed by atoms with Crippen molar-refractivity contribution in [1.82, 2.24) is 4.57 Å². The average Bonchev–Trinajstić information content (AvgIpc) is 3.34. The Morgan fingerprint density at radius 3 is 2.11 bits per heavy atom. The van der Waals surface area contributed by atoms with Crippen molar-refractivity contribution in [2.75, 3.05) is 5.75 Å². The van der Waals surface area contributed by atoms with Gasteiger partial charge in [0.1, 0.15) is 5.71 Å². The first-order valence-corrected chi connectivity index (χ1v) is 15.8. The van der Waals surface area contributed by atoms with Crippen molar-refractivity contribution >= 4 is 73.5 Å². The Kier molecular flexibility index (Phi) is 9.57. The lowest BCUT2D eigenvalue weighted by Gasteiger charge is -2.08. The number of rotatable bonds is 11. The van der Waals surface area contributed by atoms with Gasteiger partial charge in [-0.1, -0.05) is 47.1 Å². The lowest BCUT2D eigenvalue weighted by atomic mass is 9.99. The van der Waals surface area contributed by atoms with Crippen molar-refractivity contribution in [3.63, 3.8) is 0 Å². The maximum Gasteiger partial charge on any atom is 0.510 e. The first kappa shape index (κ1) is 31.5. The number of halogens is 4. The molecule has 0 aliphatic heterocycles. The number of Topliss-reactive ketones (excluding diaryl/α,β-unsaturated/α-hetero) is 1. The highest BCUT2D eigenvalue weighted by atomic mass is 35.5. The number of oxime groups is 1. The smallest absolute Gasteiger partial charge is 0.341 e. The van der Waals surface area contributed by atoms with E-state index in [0.29, 0.717) is 28.1 Å². The van der Waals surface area contributed by atoms with Gasteiger partial charge >= 0.3 is 16.6 Å². The van der Waals surface area contributed by atoms with Gasteiger partial charge in [0, 0.05) is 67.1 Å². The number of hydrogen-bond donors (Lipinski definition) is 0. The highest BCUT2D eigenvalue weighted by Crippen LogP contribution is 2.32. The Morgan fingerprint density at radius 2 is 1.50 bits per heavy atom. The molecule has 1 heterocycles. The molecule has 0 aliphatic rings. The second-order valence-electron chi connectivity index (χ2n) is 9.58. The molecule has 6 nitrogen and oxygen atoms in total. The molecule has 44 heavy (non-hydrogen) atoms. The van der Waals surface area contributed by atoms with E-state index in [0.717, 1.165) is 21.3 Å². The molecule has 0 spiro atoms. The molecule has 0 aliphatic carbocycles. The van der Waals surface area contributed by atoms with Crippen molar-refractivity contribution in [2.45, 2.75) is 30.3 Å². The number of carbonyl (C=O) groups is 2. The fraction of sp³-hybridized carbons (Fsp3) is 0.156. The molecular weight excluding hydrogens is 633 g/mol. The van der Waals surface area contributed by atoms with Gasteiger partial charge in [-0.05, 0) is 67.6 Å². The van der Waals surface area contributed by atoms with E-state index in [2.05, 4.69) is 9.44 Å². The predicted molar refractivity (Wildman–Crippen MR) is 169 cm³/mol. The average molecular weight is 657 g/mol. The zero-order chi connectivity index (χ0) is 31.4. The molecule has 0 saturated heterocycles. The number of carbonyl (C=O) groups excluding carboxylic acids is 2. The molecule has 0 amide bonds. The zero-order valence-electron chi connectivity index (χ0n) is 23.1. The summed E-state index contributed by atoms with van der Waals surface area (Å²) in [5.41, 5.74) is -2.64. The molecule has 1 atom stereocenters. The molecule has 0 saturated carbocycles. The monoisotopic (exact) mass is 656 g/mol. The summed E-state index contributed by atoms with van der Waals surface area (Å²) >= 11 is 3.53. The van der Waals surface area contributed by atoms with E-state index in [1.165, 1.54) is 11.8 Å². The van der Waals surface area contributed by atoms with E-state index in [1.807, 2.05) is 23.6 Å². The van der Waals surface area contributed by atoms with Crippen molar-refractivity contribution in [3.8, 4) is 0 Å². The molecule has 0 radical (unpaired) electrons. The summed E-state index contributed by atoms with van der Waals surface area (Å²) in [7, 11) is 0. The van der Waals surface area contributed by atoms with Crippen molar-refractivity contribution < 1.29 is 31.3 Å². The molecule has 1 unspecified atom stereocenters. The van der Waals surface area contributed by atoms with Gasteiger partial charge in [-0.25, -0.2) is 4.21 Å². The van der Waals surface area contributed by atoms with Crippen LogP contribution in [0.15, 0.2) is 101 Å². The number of alkyl halides is 3. The number of aryl methyl sites for hydroxylation is 1. The van der Waals surface area contributed by atoms with E-state index in [4.69, 9.17) is 11.6 Å². The Hall–Kier alpha value is -3.93. The van der Waals surface area contributed by atoms with Crippen molar-refractivity contribution in [3.05, 3.63) is 113 Å². The largest absolute Gasteiger partial charge is 0.510 e. The van der Waals surface area contributed by atoms with Gasteiger partial charge in [-0.2, -0.15) is 13.2 Å². The number of thioether (sulfide) groups is 1. The fourth-order valence-corrected chi connectivity index (χ4v) is 6.00. The Balaban J connectivity index is 1.50. The van der Waals surface area contributed by atoms with Crippen LogP contribution in [-0.4, -0.2) is 37.3 Å². The summed E-state index contributed by atoms with van der Waals surface area (Å²) in [6, 6.07) is 26.1. The van der Waals surface area contributed by atoms with Crippen molar-refractivity contribution in [2.24, 2.45) is 5.16 Å². The number of ketones is 2. The topological polar surface area (TPSA) is 77.7 Å². The standard InChI is InChI=1S/C32H24ClF3N2O4S2/c1-2-38-28-14-8-21(30(39)20-6-4-3-5-7-20)18-25(28)26-19-22(9-15-29(26)38)31(40)27(37-42-44(41)32(34,35)36)16-17-43-24-12-10-23(33)11-13-24/h3-15,18-19H,2,16-17H2,1H3. The van der Waals surface area contributed by atoms with Crippen LogP contribution in [0.25, 0.3) is 21.8 Å². The highest BCUT2D eigenvalue weighted by Gasteiger charge is 2.40. The maximum atomic E-state index is 13.6. The van der Waals surface area contributed by atoms with Gasteiger partial charge in [0.05, 0.1) is 0 Å². The summed E-state index contributed by atoms with van der Waals surface area (Å²) in [5, 5.41) is 5.38. The zero-order valence-corrected chi connectivity index (χ0v) is 25.5. The van der Waals surface area contributed by atoms with E-state index in [-0.39, 0.29) is 29.2 Å². The van der Waals surface area contributed by atoms with Gasteiger partial charge in [0.2, 0.25) is 5.78 Å². The fourth-order valence-electron chi connectivity index (χ4n) is 4.77. The molecular formula is C32H24ClF3N2O4S2. The van der Waals surface area contributed by atoms with Crippen LogP contribution in [0.3, 0.4) is 0 Å². The summed E-state index contributed by atoms with van der Waals surface area (Å²) in [6.07, 6.45) is -0.0638. The maximum absolute atomic E-state index is 13.6. The van der Waals surface area contributed by atoms with E-state index < -0.39 is 22.4 Å². The second kappa shape index (κ2) is 13.4. The number of benzene rings is 4. The predicted octanol–water partition coefficient (Wildman–Crippen LogP) is 8.62. The molecule has 0 bridgehead atoms.